The van der Waals surface area contributed by atoms with Crippen LogP contribution in [0.4, 0.5) is 5.69 Å². The standard InChI is InChI=1S/C19H17N7O8/c27-13(28)6-5-12(18(31)32)22-16(29)9-1-3-11(4-2-9)26(25-34)8-10-7-20-15-14(21-10)17(30)24-19(33)23-15/h1-4,7,12H,5-6,8H2,(H,22,29)(H,27,28)(H,31,32)(H2,20,23,24,30,33). The SMILES string of the molecule is O=NN(Cc1cnc2[nH]c(=O)[nH]c(=O)c2n1)c1ccc(C(=O)NC(CCC(=O)O)C(=O)O)cc1. The fourth-order valence-corrected chi connectivity index (χ4v) is 2.93. The minimum absolute atomic E-state index is 0.0264. The Morgan fingerprint density at radius 3 is 2.44 bits per heavy atom. The highest BCUT2D eigenvalue weighted by molar-refractivity contribution is 5.97. The van der Waals surface area contributed by atoms with Gasteiger partial charge < -0.3 is 15.5 Å². The average molecular weight is 471 g/mol. The fourth-order valence-electron chi connectivity index (χ4n) is 2.93. The highest BCUT2D eigenvalue weighted by atomic mass is 16.4. The number of carbonyl (C=O) groups excluding carboxylic acids is 1. The van der Waals surface area contributed by atoms with Gasteiger partial charge in [0.1, 0.15) is 6.04 Å². The summed E-state index contributed by atoms with van der Waals surface area (Å²) in [6, 6.07) is 4.01. The Labute approximate surface area is 188 Å². The summed E-state index contributed by atoms with van der Waals surface area (Å²) in [4.78, 5) is 81.1. The molecule has 0 aliphatic rings. The number of carboxylic acids is 2. The lowest BCUT2D eigenvalue weighted by Gasteiger charge is -2.16. The number of fused-ring (bicyclic) bond motifs is 1. The van der Waals surface area contributed by atoms with E-state index < -0.39 is 41.6 Å². The van der Waals surface area contributed by atoms with Crippen molar-refractivity contribution >= 4 is 34.7 Å². The number of benzene rings is 1. The lowest BCUT2D eigenvalue weighted by atomic mass is 10.1. The number of carbonyl (C=O) groups is 3. The molecule has 34 heavy (non-hydrogen) atoms. The molecule has 1 unspecified atom stereocenters. The number of H-pyrrole nitrogens is 2. The van der Waals surface area contributed by atoms with Crippen molar-refractivity contribution in [3.05, 3.63) is 67.5 Å². The van der Waals surface area contributed by atoms with E-state index in [9.17, 15) is 28.9 Å². The molecule has 15 nitrogen and oxygen atoms in total. The van der Waals surface area contributed by atoms with Crippen molar-refractivity contribution in [1.82, 2.24) is 25.3 Å². The molecule has 0 bridgehead atoms. The molecule has 5 N–H and O–H groups in total. The number of carboxylic acid groups (broad SMARTS) is 2. The normalized spacial score (nSPS) is 11.5. The van der Waals surface area contributed by atoms with E-state index in [1.54, 1.807) is 0 Å². The molecular formula is C19H17N7O8. The topological polar surface area (TPSA) is 228 Å². The summed E-state index contributed by atoms with van der Waals surface area (Å²) < 4.78 is 0. The van der Waals surface area contributed by atoms with Crippen LogP contribution in [-0.2, 0) is 16.1 Å². The summed E-state index contributed by atoms with van der Waals surface area (Å²) in [7, 11) is 0. The number of aromatic nitrogens is 4. The van der Waals surface area contributed by atoms with Crippen LogP contribution >= 0.6 is 0 Å². The van der Waals surface area contributed by atoms with E-state index >= 15 is 0 Å². The van der Waals surface area contributed by atoms with Crippen molar-refractivity contribution in [1.29, 1.82) is 0 Å². The number of aromatic amines is 2. The maximum Gasteiger partial charge on any atom is 0.327 e. The first kappa shape index (κ1) is 23.7. The number of rotatable bonds is 10. The average Bonchev–Trinajstić information content (AvgIpc) is 2.80. The van der Waals surface area contributed by atoms with Crippen molar-refractivity contribution in [3.8, 4) is 0 Å². The van der Waals surface area contributed by atoms with Crippen LogP contribution in [0.2, 0.25) is 0 Å². The molecule has 3 rings (SSSR count). The number of nitrogens with zero attached hydrogens (tertiary/aromatic N) is 4. The molecule has 2 aromatic heterocycles. The van der Waals surface area contributed by atoms with Crippen LogP contribution in [0.5, 0.6) is 0 Å². The molecular weight excluding hydrogens is 454 g/mol. The predicted octanol–water partition coefficient (Wildman–Crippen LogP) is -0.258. The molecule has 0 saturated carbocycles. The zero-order valence-electron chi connectivity index (χ0n) is 17.2. The van der Waals surface area contributed by atoms with Crippen LogP contribution in [-0.4, -0.2) is 54.0 Å². The Bertz CT molecular complexity index is 1370. The van der Waals surface area contributed by atoms with E-state index in [0.29, 0.717) is 0 Å². The summed E-state index contributed by atoms with van der Waals surface area (Å²) in [5, 5.41) is 24.0. The summed E-state index contributed by atoms with van der Waals surface area (Å²) in [6.07, 6.45) is 0.525. The second kappa shape index (κ2) is 10.1. The second-order valence-corrected chi connectivity index (χ2v) is 6.95. The molecule has 0 saturated heterocycles. The molecule has 0 spiro atoms. The molecule has 0 radical (unpaired) electrons. The first-order valence-electron chi connectivity index (χ1n) is 9.62. The number of nitroso groups, excluding NO2 is 1. The zero-order valence-corrected chi connectivity index (χ0v) is 17.2. The third-order valence-electron chi connectivity index (χ3n) is 4.58. The Kier molecular flexibility index (Phi) is 7.05. The van der Waals surface area contributed by atoms with E-state index in [1.807, 2.05) is 4.98 Å². The maximum absolute atomic E-state index is 12.3. The lowest BCUT2D eigenvalue weighted by molar-refractivity contribution is -0.140. The molecule has 2 heterocycles. The summed E-state index contributed by atoms with van der Waals surface area (Å²) in [6.45, 7) is -0.188. The minimum Gasteiger partial charge on any atom is -0.481 e. The van der Waals surface area contributed by atoms with Crippen LogP contribution in [0.25, 0.3) is 11.2 Å². The van der Waals surface area contributed by atoms with Crippen molar-refractivity contribution in [2.24, 2.45) is 5.29 Å². The Balaban J connectivity index is 1.74. The smallest absolute Gasteiger partial charge is 0.327 e. The molecule has 15 heteroatoms. The van der Waals surface area contributed by atoms with Crippen molar-refractivity contribution in [2.45, 2.75) is 25.4 Å². The summed E-state index contributed by atoms with van der Waals surface area (Å²) in [5.74, 6) is -3.31. The lowest BCUT2D eigenvalue weighted by Crippen LogP contribution is -2.41. The number of hydrogen-bond donors (Lipinski definition) is 5. The minimum atomic E-state index is -1.39. The van der Waals surface area contributed by atoms with Crippen molar-refractivity contribution in [3.63, 3.8) is 0 Å². The van der Waals surface area contributed by atoms with Gasteiger partial charge in [0.15, 0.2) is 11.2 Å². The highest BCUT2D eigenvalue weighted by Gasteiger charge is 2.22. The second-order valence-electron chi connectivity index (χ2n) is 6.95. The van der Waals surface area contributed by atoms with Crippen LogP contribution in [0, 0.1) is 4.91 Å². The first-order chi connectivity index (χ1) is 16.2. The molecule has 0 fully saturated rings. The highest BCUT2D eigenvalue weighted by Crippen LogP contribution is 2.18. The number of anilines is 1. The molecule has 1 amide bonds. The van der Waals surface area contributed by atoms with Gasteiger partial charge >= 0.3 is 17.6 Å². The van der Waals surface area contributed by atoms with Crippen LogP contribution in [0.15, 0.2) is 45.3 Å². The van der Waals surface area contributed by atoms with Gasteiger partial charge in [0.2, 0.25) is 0 Å². The van der Waals surface area contributed by atoms with E-state index in [4.69, 9.17) is 10.2 Å². The molecule has 3 aromatic rings. The van der Waals surface area contributed by atoms with Gasteiger partial charge in [0, 0.05) is 12.0 Å². The van der Waals surface area contributed by atoms with Gasteiger partial charge in [0.25, 0.3) is 11.5 Å². The molecule has 1 atom stereocenters. The fraction of sp³-hybridized carbons (Fsp3) is 0.211. The van der Waals surface area contributed by atoms with E-state index in [-0.39, 0.29) is 41.1 Å². The van der Waals surface area contributed by atoms with Crippen LogP contribution < -0.4 is 21.6 Å². The van der Waals surface area contributed by atoms with Gasteiger partial charge in [0.05, 0.1) is 29.4 Å². The number of nitrogens with one attached hydrogen (secondary N) is 3. The van der Waals surface area contributed by atoms with E-state index in [1.165, 1.54) is 30.5 Å². The summed E-state index contributed by atoms with van der Waals surface area (Å²) in [5.41, 5.74) is -1.14. The quantitative estimate of drug-likeness (QED) is 0.191. The number of hydrogen-bond acceptors (Lipinski definition) is 9. The molecule has 1 aromatic carbocycles. The van der Waals surface area contributed by atoms with E-state index in [0.717, 1.165) is 5.01 Å². The Hall–Kier alpha value is -4.95. The van der Waals surface area contributed by atoms with Gasteiger partial charge in [-0.05, 0) is 30.7 Å². The largest absolute Gasteiger partial charge is 0.481 e. The van der Waals surface area contributed by atoms with Crippen LogP contribution in [0.3, 0.4) is 0 Å². The molecule has 0 aliphatic heterocycles. The van der Waals surface area contributed by atoms with Gasteiger partial charge in [-0.3, -0.25) is 24.4 Å². The van der Waals surface area contributed by atoms with Gasteiger partial charge in [-0.15, -0.1) is 4.91 Å². The summed E-state index contributed by atoms with van der Waals surface area (Å²) >= 11 is 0. The Morgan fingerprint density at radius 1 is 1.12 bits per heavy atom. The van der Waals surface area contributed by atoms with Crippen molar-refractivity contribution < 1.29 is 24.6 Å². The van der Waals surface area contributed by atoms with Crippen molar-refractivity contribution in [2.75, 3.05) is 5.01 Å². The Morgan fingerprint density at radius 2 is 1.82 bits per heavy atom. The molecule has 176 valence electrons. The number of amides is 1. The third kappa shape index (κ3) is 5.64. The van der Waals surface area contributed by atoms with Gasteiger partial charge in [-0.2, -0.15) is 0 Å². The van der Waals surface area contributed by atoms with Gasteiger partial charge in [-0.1, -0.05) is 0 Å². The number of aliphatic carboxylic acids is 2. The van der Waals surface area contributed by atoms with E-state index in [2.05, 4.69) is 25.6 Å². The third-order valence-corrected chi connectivity index (χ3v) is 4.58. The molecule has 0 aliphatic carbocycles. The zero-order chi connectivity index (χ0) is 24.8. The van der Waals surface area contributed by atoms with Crippen LogP contribution in [0.1, 0.15) is 28.9 Å². The maximum atomic E-state index is 12.3. The monoisotopic (exact) mass is 471 g/mol. The van der Waals surface area contributed by atoms with Gasteiger partial charge in [-0.25, -0.2) is 24.6 Å². The predicted molar refractivity (Wildman–Crippen MR) is 115 cm³/mol. The first-order valence-corrected chi connectivity index (χ1v) is 9.62.